The molecule has 2 nitrogen and oxygen atoms in total. The second-order valence-corrected chi connectivity index (χ2v) is 4.08. The Hall–Kier alpha value is -1.48. The zero-order chi connectivity index (χ0) is 10.8. The molecule has 3 heteroatoms. The molecule has 0 radical (unpaired) electrons. The van der Waals surface area contributed by atoms with Gasteiger partial charge in [0.05, 0.1) is 5.56 Å². The van der Waals surface area contributed by atoms with E-state index in [1.165, 1.54) is 11.8 Å². The van der Waals surface area contributed by atoms with Gasteiger partial charge in [-0.2, -0.15) is 0 Å². The van der Waals surface area contributed by atoms with Crippen LogP contribution in [0.25, 0.3) is 10.8 Å². The molecule has 0 saturated carbocycles. The van der Waals surface area contributed by atoms with Gasteiger partial charge in [0, 0.05) is 4.90 Å². The predicted molar refractivity (Wildman–Crippen MR) is 64.2 cm³/mol. The maximum atomic E-state index is 11.4. The number of carbonyl (C=O) groups is 1. The molecule has 0 unspecified atom stereocenters. The largest absolute Gasteiger partial charge is 0.366 e. The zero-order valence-corrected chi connectivity index (χ0v) is 9.17. The summed E-state index contributed by atoms with van der Waals surface area (Å²) >= 11 is 1.54. The van der Waals surface area contributed by atoms with Gasteiger partial charge in [-0.15, -0.1) is 11.8 Å². The average Bonchev–Trinajstić information content (AvgIpc) is 2.27. The number of hydrogen-bond acceptors (Lipinski definition) is 2. The van der Waals surface area contributed by atoms with Gasteiger partial charge < -0.3 is 5.73 Å². The number of amides is 1. The first-order chi connectivity index (χ1) is 7.24. The van der Waals surface area contributed by atoms with Crippen LogP contribution in [0.1, 0.15) is 10.4 Å². The van der Waals surface area contributed by atoms with E-state index in [0.717, 1.165) is 15.7 Å². The maximum absolute atomic E-state index is 11.4. The standard InChI is InChI=1S/C12H11NOS/c1-15-10-7-6-8-4-2-3-5-9(8)11(10)12(13)14/h2-7H,1H3,(H2,13,14). The van der Waals surface area contributed by atoms with Crippen molar-refractivity contribution in [3.05, 3.63) is 42.0 Å². The molecule has 0 heterocycles. The first kappa shape index (κ1) is 10.1. The zero-order valence-electron chi connectivity index (χ0n) is 8.36. The van der Waals surface area contributed by atoms with Crippen LogP contribution in [-0.2, 0) is 0 Å². The summed E-state index contributed by atoms with van der Waals surface area (Å²) in [7, 11) is 0. The highest BCUT2D eigenvalue weighted by atomic mass is 32.2. The number of carbonyl (C=O) groups excluding carboxylic acids is 1. The van der Waals surface area contributed by atoms with E-state index in [0.29, 0.717) is 5.56 Å². The summed E-state index contributed by atoms with van der Waals surface area (Å²) in [5.41, 5.74) is 6.03. The summed E-state index contributed by atoms with van der Waals surface area (Å²) in [5.74, 6) is -0.365. The normalized spacial score (nSPS) is 10.5. The van der Waals surface area contributed by atoms with E-state index in [4.69, 9.17) is 5.73 Å². The van der Waals surface area contributed by atoms with E-state index < -0.39 is 0 Å². The van der Waals surface area contributed by atoms with Crippen LogP contribution < -0.4 is 5.73 Å². The number of primary amides is 1. The van der Waals surface area contributed by atoms with Gasteiger partial charge in [0.25, 0.3) is 0 Å². The Morgan fingerprint density at radius 2 is 1.93 bits per heavy atom. The summed E-state index contributed by atoms with van der Waals surface area (Å²) in [4.78, 5) is 12.3. The molecule has 0 aliphatic carbocycles. The minimum absolute atomic E-state index is 0.365. The quantitative estimate of drug-likeness (QED) is 0.786. The molecule has 0 aromatic heterocycles. The minimum atomic E-state index is -0.365. The second kappa shape index (κ2) is 3.95. The van der Waals surface area contributed by atoms with E-state index >= 15 is 0 Å². The summed E-state index contributed by atoms with van der Waals surface area (Å²) in [6.07, 6.45) is 1.94. The van der Waals surface area contributed by atoms with E-state index in [1.54, 1.807) is 0 Å². The predicted octanol–water partition coefficient (Wildman–Crippen LogP) is 2.66. The van der Waals surface area contributed by atoms with Crippen LogP contribution in [0.2, 0.25) is 0 Å². The van der Waals surface area contributed by atoms with Crippen LogP contribution in [0.4, 0.5) is 0 Å². The van der Waals surface area contributed by atoms with Gasteiger partial charge in [0.2, 0.25) is 5.91 Å². The topological polar surface area (TPSA) is 43.1 Å². The van der Waals surface area contributed by atoms with Crippen molar-refractivity contribution >= 4 is 28.4 Å². The average molecular weight is 217 g/mol. The summed E-state index contributed by atoms with van der Waals surface area (Å²) in [6, 6.07) is 11.7. The monoisotopic (exact) mass is 217 g/mol. The van der Waals surface area contributed by atoms with Crippen LogP contribution in [0.15, 0.2) is 41.3 Å². The number of fused-ring (bicyclic) bond motifs is 1. The van der Waals surface area contributed by atoms with Crippen molar-refractivity contribution in [1.29, 1.82) is 0 Å². The van der Waals surface area contributed by atoms with Crippen molar-refractivity contribution in [1.82, 2.24) is 0 Å². The second-order valence-electron chi connectivity index (χ2n) is 3.23. The number of nitrogens with two attached hydrogens (primary N) is 1. The Labute approximate surface area is 92.5 Å². The van der Waals surface area contributed by atoms with Gasteiger partial charge in [-0.1, -0.05) is 30.3 Å². The number of rotatable bonds is 2. The molecular formula is C12H11NOS. The molecule has 2 aromatic rings. The molecule has 0 atom stereocenters. The Morgan fingerprint density at radius 1 is 1.20 bits per heavy atom. The summed E-state index contributed by atoms with van der Waals surface area (Å²) in [6.45, 7) is 0. The van der Waals surface area contributed by atoms with Gasteiger partial charge in [-0.05, 0) is 23.1 Å². The van der Waals surface area contributed by atoms with Crippen molar-refractivity contribution in [2.45, 2.75) is 4.90 Å². The molecule has 0 aliphatic heterocycles. The van der Waals surface area contributed by atoms with Gasteiger partial charge in [0.15, 0.2) is 0 Å². The van der Waals surface area contributed by atoms with Crippen molar-refractivity contribution < 1.29 is 4.79 Å². The Kier molecular flexibility index (Phi) is 2.64. The third-order valence-electron chi connectivity index (χ3n) is 2.36. The smallest absolute Gasteiger partial charge is 0.250 e. The van der Waals surface area contributed by atoms with Gasteiger partial charge in [0.1, 0.15) is 0 Å². The van der Waals surface area contributed by atoms with Gasteiger partial charge >= 0.3 is 0 Å². The molecule has 2 N–H and O–H groups in total. The Balaban J connectivity index is 2.85. The summed E-state index contributed by atoms with van der Waals surface area (Å²) < 4.78 is 0. The lowest BCUT2D eigenvalue weighted by Gasteiger charge is -2.07. The molecule has 1 amide bonds. The van der Waals surface area contributed by atoms with Crippen molar-refractivity contribution in [2.75, 3.05) is 6.26 Å². The molecule has 15 heavy (non-hydrogen) atoms. The van der Waals surface area contributed by atoms with Crippen LogP contribution in [0, 0.1) is 0 Å². The lowest BCUT2D eigenvalue weighted by molar-refractivity contribution is 0.0999. The molecular weight excluding hydrogens is 206 g/mol. The number of thioether (sulfide) groups is 1. The highest BCUT2D eigenvalue weighted by molar-refractivity contribution is 7.98. The Bertz CT molecular complexity index is 522. The lowest BCUT2D eigenvalue weighted by atomic mass is 10.0. The maximum Gasteiger partial charge on any atom is 0.250 e. The van der Waals surface area contributed by atoms with Crippen LogP contribution in [0.5, 0.6) is 0 Å². The molecule has 0 bridgehead atoms. The third-order valence-corrected chi connectivity index (χ3v) is 3.14. The van der Waals surface area contributed by atoms with Crippen molar-refractivity contribution in [2.24, 2.45) is 5.73 Å². The SMILES string of the molecule is CSc1ccc2ccccc2c1C(N)=O. The number of benzene rings is 2. The summed E-state index contributed by atoms with van der Waals surface area (Å²) in [5, 5.41) is 1.97. The third kappa shape index (κ3) is 1.70. The first-order valence-electron chi connectivity index (χ1n) is 4.59. The van der Waals surface area contributed by atoms with E-state index in [2.05, 4.69) is 0 Å². The van der Waals surface area contributed by atoms with Crippen LogP contribution >= 0.6 is 11.8 Å². The van der Waals surface area contributed by atoms with Crippen LogP contribution in [-0.4, -0.2) is 12.2 Å². The van der Waals surface area contributed by atoms with Gasteiger partial charge in [-0.25, -0.2) is 0 Å². The molecule has 0 fully saturated rings. The molecule has 0 aliphatic rings. The fourth-order valence-corrected chi connectivity index (χ4v) is 2.29. The van der Waals surface area contributed by atoms with Crippen molar-refractivity contribution in [3.63, 3.8) is 0 Å². The first-order valence-corrected chi connectivity index (χ1v) is 5.82. The fourth-order valence-electron chi connectivity index (χ4n) is 1.68. The van der Waals surface area contributed by atoms with E-state index in [-0.39, 0.29) is 5.91 Å². The van der Waals surface area contributed by atoms with Crippen LogP contribution in [0.3, 0.4) is 0 Å². The minimum Gasteiger partial charge on any atom is -0.366 e. The lowest BCUT2D eigenvalue weighted by Crippen LogP contribution is -2.12. The molecule has 0 saturated heterocycles. The van der Waals surface area contributed by atoms with E-state index in [9.17, 15) is 4.79 Å². The highest BCUT2D eigenvalue weighted by Crippen LogP contribution is 2.27. The molecule has 76 valence electrons. The molecule has 2 rings (SSSR count). The van der Waals surface area contributed by atoms with Crippen molar-refractivity contribution in [3.8, 4) is 0 Å². The molecule has 2 aromatic carbocycles. The highest BCUT2D eigenvalue weighted by Gasteiger charge is 2.11. The van der Waals surface area contributed by atoms with E-state index in [1.807, 2.05) is 42.7 Å². The number of hydrogen-bond donors (Lipinski definition) is 1. The molecule has 0 spiro atoms. The van der Waals surface area contributed by atoms with Gasteiger partial charge in [-0.3, -0.25) is 4.79 Å². The Morgan fingerprint density at radius 3 is 2.60 bits per heavy atom. The fraction of sp³-hybridized carbons (Fsp3) is 0.0833.